The van der Waals surface area contributed by atoms with Crippen LogP contribution in [-0.4, -0.2) is 20.9 Å². The maximum absolute atomic E-state index is 4.72. The molecule has 1 N–H and O–H groups in total. The standard InChI is InChI=1S/C13H12N4S/c1-2-6-17-8-10(15-12(17)3-1)13-16-9-4-5-14-7-11(9)18-13/h1-3,6,8,14H,4-5,7H2. The Balaban J connectivity index is 1.84. The van der Waals surface area contributed by atoms with Gasteiger partial charge in [0, 0.05) is 36.8 Å². The highest BCUT2D eigenvalue weighted by Crippen LogP contribution is 2.29. The Morgan fingerprint density at radius 3 is 3.17 bits per heavy atom. The second-order valence-corrected chi connectivity index (χ2v) is 5.49. The molecule has 0 unspecified atom stereocenters. The van der Waals surface area contributed by atoms with Crippen LogP contribution < -0.4 is 5.32 Å². The summed E-state index contributed by atoms with van der Waals surface area (Å²) in [5.41, 5.74) is 3.19. The molecule has 0 bridgehead atoms. The topological polar surface area (TPSA) is 42.2 Å². The third kappa shape index (κ3) is 1.55. The zero-order valence-corrected chi connectivity index (χ0v) is 10.6. The van der Waals surface area contributed by atoms with Crippen molar-refractivity contribution in [1.82, 2.24) is 19.7 Å². The molecule has 0 aromatic carbocycles. The van der Waals surface area contributed by atoms with E-state index in [1.165, 1.54) is 10.6 Å². The third-order valence-electron chi connectivity index (χ3n) is 3.19. The van der Waals surface area contributed by atoms with Gasteiger partial charge in [0.2, 0.25) is 0 Å². The van der Waals surface area contributed by atoms with Crippen LogP contribution in [0.3, 0.4) is 0 Å². The first kappa shape index (κ1) is 10.2. The first-order valence-corrected chi connectivity index (χ1v) is 6.85. The van der Waals surface area contributed by atoms with Gasteiger partial charge in [-0.2, -0.15) is 0 Å². The van der Waals surface area contributed by atoms with Crippen LogP contribution in [0.4, 0.5) is 0 Å². The number of pyridine rings is 1. The van der Waals surface area contributed by atoms with Crippen LogP contribution >= 0.6 is 11.3 Å². The Morgan fingerprint density at radius 2 is 2.28 bits per heavy atom. The van der Waals surface area contributed by atoms with Crippen molar-refractivity contribution >= 4 is 17.0 Å². The van der Waals surface area contributed by atoms with Gasteiger partial charge in [-0.05, 0) is 12.1 Å². The van der Waals surface area contributed by atoms with Gasteiger partial charge in [-0.1, -0.05) is 6.07 Å². The average Bonchev–Trinajstić information content (AvgIpc) is 3.02. The second kappa shape index (κ2) is 3.90. The van der Waals surface area contributed by atoms with Crippen molar-refractivity contribution in [2.75, 3.05) is 6.54 Å². The number of thiazole rings is 1. The van der Waals surface area contributed by atoms with Crippen LogP contribution in [-0.2, 0) is 13.0 Å². The predicted molar refractivity (Wildman–Crippen MR) is 71.7 cm³/mol. The lowest BCUT2D eigenvalue weighted by Crippen LogP contribution is -2.22. The molecule has 0 aliphatic carbocycles. The average molecular weight is 256 g/mol. The van der Waals surface area contributed by atoms with Gasteiger partial charge in [0.05, 0.1) is 5.69 Å². The van der Waals surface area contributed by atoms with E-state index in [0.717, 1.165) is 35.9 Å². The summed E-state index contributed by atoms with van der Waals surface area (Å²) < 4.78 is 2.04. The fourth-order valence-electron chi connectivity index (χ4n) is 2.27. The molecule has 5 heteroatoms. The largest absolute Gasteiger partial charge is 0.311 e. The Bertz CT molecular complexity index is 656. The molecule has 4 rings (SSSR count). The van der Waals surface area contributed by atoms with Gasteiger partial charge < -0.3 is 9.72 Å². The number of aromatic nitrogens is 3. The first-order valence-electron chi connectivity index (χ1n) is 6.03. The highest BCUT2D eigenvalue weighted by molar-refractivity contribution is 7.15. The summed E-state index contributed by atoms with van der Waals surface area (Å²) in [6, 6.07) is 6.02. The maximum Gasteiger partial charge on any atom is 0.144 e. The summed E-state index contributed by atoms with van der Waals surface area (Å²) in [4.78, 5) is 10.7. The van der Waals surface area contributed by atoms with E-state index in [2.05, 4.69) is 10.3 Å². The summed E-state index contributed by atoms with van der Waals surface area (Å²) in [6.07, 6.45) is 5.09. The van der Waals surface area contributed by atoms with E-state index in [4.69, 9.17) is 4.98 Å². The van der Waals surface area contributed by atoms with Gasteiger partial charge in [-0.25, -0.2) is 9.97 Å². The Labute approximate surface area is 108 Å². The third-order valence-corrected chi connectivity index (χ3v) is 4.31. The molecule has 1 aliphatic heterocycles. The molecular weight excluding hydrogens is 244 g/mol. The minimum absolute atomic E-state index is 0.945. The van der Waals surface area contributed by atoms with E-state index >= 15 is 0 Å². The minimum atomic E-state index is 0.945. The molecule has 0 atom stereocenters. The van der Waals surface area contributed by atoms with Crippen LogP contribution in [0.15, 0.2) is 30.6 Å². The molecule has 18 heavy (non-hydrogen) atoms. The Morgan fingerprint density at radius 1 is 1.28 bits per heavy atom. The second-order valence-electron chi connectivity index (χ2n) is 4.41. The molecule has 4 nitrogen and oxygen atoms in total. The van der Waals surface area contributed by atoms with E-state index in [9.17, 15) is 0 Å². The van der Waals surface area contributed by atoms with Crippen LogP contribution in [0.2, 0.25) is 0 Å². The van der Waals surface area contributed by atoms with Gasteiger partial charge >= 0.3 is 0 Å². The molecule has 3 aromatic heterocycles. The van der Waals surface area contributed by atoms with E-state index in [1.807, 2.05) is 35.0 Å². The lowest BCUT2D eigenvalue weighted by atomic mass is 10.2. The SMILES string of the molecule is c1ccn2cc(-c3nc4c(s3)CNCC4)nc2c1. The van der Waals surface area contributed by atoms with Gasteiger partial charge in [-0.3, -0.25) is 0 Å². The van der Waals surface area contributed by atoms with Crippen LogP contribution in [0, 0.1) is 0 Å². The van der Waals surface area contributed by atoms with E-state index < -0.39 is 0 Å². The zero-order valence-electron chi connectivity index (χ0n) is 9.76. The zero-order chi connectivity index (χ0) is 11.9. The molecular formula is C13H12N4S. The summed E-state index contributed by atoms with van der Waals surface area (Å²) in [7, 11) is 0. The quantitative estimate of drug-likeness (QED) is 0.725. The highest BCUT2D eigenvalue weighted by Gasteiger charge is 2.17. The molecule has 4 heterocycles. The van der Waals surface area contributed by atoms with Crippen LogP contribution in [0.5, 0.6) is 0 Å². The number of nitrogens with zero attached hydrogens (tertiary/aromatic N) is 3. The van der Waals surface area contributed by atoms with Crippen molar-refractivity contribution in [3.8, 4) is 10.7 Å². The van der Waals surface area contributed by atoms with E-state index in [0.29, 0.717) is 0 Å². The molecule has 0 radical (unpaired) electrons. The van der Waals surface area contributed by atoms with Crippen molar-refractivity contribution in [3.63, 3.8) is 0 Å². The van der Waals surface area contributed by atoms with Crippen LogP contribution in [0.25, 0.3) is 16.3 Å². The molecule has 1 aliphatic rings. The van der Waals surface area contributed by atoms with E-state index in [-0.39, 0.29) is 0 Å². The predicted octanol–water partition coefficient (Wildman–Crippen LogP) is 2.10. The van der Waals surface area contributed by atoms with Crippen molar-refractivity contribution in [2.45, 2.75) is 13.0 Å². The molecule has 90 valence electrons. The monoisotopic (exact) mass is 256 g/mol. The normalized spacial score (nSPS) is 14.9. The van der Waals surface area contributed by atoms with Crippen molar-refractivity contribution < 1.29 is 0 Å². The number of rotatable bonds is 1. The summed E-state index contributed by atoms with van der Waals surface area (Å²) in [5, 5.41) is 4.41. The van der Waals surface area contributed by atoms with Crippen molar-refractivity contribution in [1.29, 1.82) is 0 Å². The fraction of sp³-hybridized carbons (Fsp3) is 0.231. The van der Waals surface area contributed by atoms with Gasteiger partial charge in [0.1, 0.15) is 16.3 Å². The fourth-order valence-corrected chi connectivity index (χ4v) is 3.30. The molecule has 0 spiro atoms. The van der Waals surface area contributed by atoms with Gasteiger partial charge in [0.15, 0.2) is 0 Å². The summed E-state index contributed by atoms with van der Waals surface area (Å²) in [6.45, 7) is 1.97. The molecule has 0 saturated heterocycles. The minimum Gasteiger partial charge on any atom is -0.311 e. The van der Waals surface area contributed by atoms with Crippen molar-refractivity contribution in [3.05, 3.63) is 41.2 Å². The lowest BCUT2D eigenvalue weighted by Gasteiger charge is -2.09. The molecule has 3 aromatic rings. The lowest BCUT2D eigenvalue weighted by molar-refractivity contribution is 0.644. The Hall–Kier alpha value is -1.72. The first-order chi connectivity index (χ1) is 8.90. The summed E-state index contributed by atoms with van der Waals surface area (Å²) in [5.74, 6) is 0. The highest BCUT2D eigenvalue weighted by atomic mass is 32.1. The number of fused-ring (bicyclic) bond motifs is 2. The number of hydrogen-bond donors (Lipinski definition) is 1. The molecule has 0 fully saturated rings. The molecule has 0 amide bonds. The summed E-state index contributed by atoms with van der Waals surface area (Å²) >= 11 is 1.75. The van der Waals surface area contributed by atoms with Gasteiger partial charge in [-0.15, -0.1) is 11.3 Å². The smallest absolute Gasteiger partial charge is 0.144 e. The number of nitrogens with one attached hydrogen (secondary N) is 1. The number of hydrogen-bond acceptors (Lipinski definition) is 4. The van der Waals surface area contributed by atoms with E-state index in [1.54, 1.807) is 11.3 Å². The molecule has 0 saturated carbocycles. The Kier molecular flexibility index (Phi) is 2.21. The maximum atomic E-state index is 4.72. The van der Waals surface area contributed by atoms with Gasteiger partial charge in [0.25, 0.3) is 0 Å². The van der Waals surface area contributed by atoms with Crippen LogP contribution in [0.1, 0.15) is 10.6 Å². The number of imidazole rings is 1. The van der Waals surface area contributed by atoms with Crippen molar-refractivity contribution in [2.24, 2.45) is 0 Å².